The van der Waals surface area contributed by atoms with Gasteiger partial charge in [-0.25, -0.2) is 0 Å². The zero-order valence-corrected chi connectivity index (χ0v) is 13.3. The second-order valence-corrected chi connectivity index (χ2v) is 7.32. The van der Waals surface area contributed by atoms with Crippen molar-refractivity contribution in [3.8, 4) is 0 Å². The first kappa shape index (κ1) is 15.3. The van der Waals surface area contributed by atoms with Crippen molar-refractivity contribution in [2.75, 3.05) is 6.61 Å². The third-order valence-electron chi connectivity index (χ3n) is 5.60. The van der Waals surface area contributed by atoms with Gasteiger partial charge >= 0.3 is 5.97 Å². The van der Waals surface area contributed by atoms with Crippen molar-refractivity contribution in [2.24, 2.45) is 16.7 Å². The molecule has 0 unspecified atom stereocenters. The molecule has 0 aromatic rings. The summed E-state index contributed by atoms with van der Waals surface area (Å²) in [4.78, 5) is 23.5. The van der Waals surface area contributed by atoms with Crippen LogP contribution in [0.25, 0.3) is 0 Å². The van der Waals surface area contributed by atoms with Gasteiger partial charge in [0.15, 0.2) is 5.78 Å². The lowest BCUT2D eigenvalue weighted by atomic mass is 9.50. The minimum atomic E-state index is -0.279. The monoisotopic (exact) mass is 278 g/mol. The van der Waals surface area contributed by atoms with Crippen molar-refractivity contribution < 1.29 is 14.3 Å². The summed E-state index contributed by atoms with van der Waals surface area (Å²) in [5, 5.41) is 0. The molecule has 0 aromatic heterocycles. The highest BCUT2D eigenvalue weighted by molar-refractivity contribution is 5.97. The Bertz CT molecular complexity index is 473. The van der Waals surface area contributed by atoms with Gasteiger partial charge < -0.3 is 4.74 Å². The second-order valence-electron chi connectivity index (χ2n) is 7.32. The smallest absolute Gasteiger partial charge is 0.302 e. The third-order valence-corrected chi connectivity index (χ3v) is 5.60. The maximum Gasteiger partial charge on any atom is 0.302 e. The number of hydrogen-bond donors (Lipinski definition) is 0. The van der Waals surface area contributed by atoms with Gasteiger partial charge in [0.2, 0.25) is 0 Å². The number of Topliss-reactive ketones (excluding diaryl/α,β-unsaturated/α-hetero) is 1. The van der Waals surface area contributed by atoms with Crippen LogP contribution in [-0.4, -0.2) is 18.4 Å². The zero-order valence-electron chi connectivity index (χ0n) is 13.3. The molecule has 2 aliphatic carbocycles. The number of fused-ring (bicyclic) bond motifs is 1. The number of ether oxygens (including phenoxy) is 1. The quantitative estimate of drug-likeness (QED) is 0.724. The van der Waals surface area contributed by atoms with E-state index >= 15 is 0 Å². The molecule has 0 N–H and O–H groups in total. The molecule has 112 valence electrons. The first-order valence-electron chi connectivity index (χ1n) is 7.55. The number of rotatable bonds is 2. The SMILES string of the molecule is CC(=O)OCC1=C(C)C(=O)C[C@H]2C(C)(C)CCC[C@]12C. The van der Waals surface area contributed by atoms with Crippen LogP contribution in [0.2, 0.25) is 0 Å². The molecule has 2 atom stereocenters. The largest absolute Gasteiger partial charge is 0.461 e. The Balaban J connectivity index is 2.42. The summed E-state index contributed by atoms with van der Waals surface area (Å²) in [6.07, 6.45) is 4.06. The lowest BCUT2D eigenvalue weighted by Crippen LogP contribution is -2.48. The normalized spacial score (nSPS) is 32.9. The molecular formula is C17H26O3. The number of ketones is 1. The number of carbonyl (C=O) groups excluding carboxylic acids is 2. The summed E-state index contributed by atoms with van der Waals surface area (Å²) in [6.45, 7) is 10.4. The Kier molecular flexibility index (Phi) is 3.83. The van der Waals surface area contributed by atoms with Gasteiger partial charge in [-0.2, -0.15) is 0 Å². The Morgan fingerprint density at radius 1 is 1.30 bits per heavy atom. The number of carbonyl (C=O) groups is 2. The molecule has 2 aliphatic rings. The van der Waals surface area contributed by atoms with Crippen LogP contribution in [0, 0.1) is 16.7 Å². The van der Waals surface area contributed by atoms with Crippen LogP contribution in [0.3, 0.4) is 0 Å². The molecular weight excluding hydrogens is 252 g/mol. The molecule has 0 heterocycles. The lowest BCUT2D eigenvalue weighted by Gasteiger charge is -2.54. The zero-order chi connectivity index (χ0) is 15.1. The van der Waals surface area contributed by atoms with Gasteiger partial charge in [-0.1, -0.05) is 27.2 Å². The highest BCUT2D eigenvalue weighted by Crippen LogP contribution is 2.58. The summed E-state index contributed by atoms with van der Waals surface area (Å²) >= 11 is 0. The lowest BCUT2D eigenvalue weighted by molar-refractivity contribution is -0.141. The topological polar surface area (TPSA) is 43.4 Å². The fourth-order valence-corrected chi connectivity index (χ4v) is 4.37. The fourth-order valence-electron chi connectivity index (χ4n) is 4.37. The maximum absolute atomic E-state index is 12.3. The van der Waals surface area contributed by atoms with E-state index in [2.05, 4.69) is 20.8 Å². The summed E-state index contributed by atoms with van der Waals surface area (Å²) in [6, 6.07) is 0. The summed E-state index contributed by atoms with van der Waals surface area (Å²) in [7, 11) is 0. The molecule has 0 aromatic carbocycles. The molecule has 3 heteroatoms. The van der Waals surface area contributed by atoms with Gasteiger partial charge in [-0.15, -0.1) is 0 Å². The molecule has 0 aliphatic heterocycles. The Morgan fingerprint density at radius 2 is 1.95 bits per heavy atom. The van der Waals surface area contributed by atoms with E-state index in [1.54, 1.807) is 0 Å². The first-order valence-corrected chi connectivity index (χ1v) is 7.55. The maximum atomic E-state index is 12.3. The minimum absolute atomic E-state index is 0.00477. The van der Waals surface area contributed by atoms with Crippen LogP contribution in [0.4, 0.5) is 0 Å². The van der Waals surface area contributed by atoms with Crippen molar-refractivity contribution in [1.29, 1.82) is 0 Å². The average Bonchev–Trinajstić information content (AvgIpc) is 2.31. The van der Waals surface area contributed by atoms with Crippen LogP contribution < -0.4 is 0 Å². The van der Waals surface area contributed by atoms with Crippen molar-refractivity contribution in [3.05, 3.63) is 11.1 Å². The molecule has 0 bridgehead atoms. The molecule has 0 spiro atoms. The molecule has 3 nitrogen and oxygen atoms in total. The molecule has 2 rings (SSSR count). The molecule has 0 saturated heterocycles. The van der Waals surface area contributed by atoms with E-state index in [1.807, 2.05) is 6.92 Å². The van der Waals surface area contributed by atoms with Crippen LogP contribution in [-0.2, 0) is 14.3 Å². The van der Waals surface area contributed by atoms with Crippen molar-refractivity contribution >= 4 is 11.8 Å². The minimum Gasteiger partial charge on any atom is -0.461 e. The first-order chi connectivity index (χ1) is 9.18. The van der Waals surface area contributed by atoms with Crippen molar-refractivity contribution in [1.82, 2.24) is 0 Å². The third kappa shape index (κ3) is 2.43. The van der Waals surface area contributed by atoms with Gasteiger partial charge in [0, 0.05) is 13.3 Å². The Morgan fingerprint density at radius 3 is 2.55 bits per heavy atom. The van der Waals surface area contributed by atoms with Gasteiger partial charge in [-0.3, -0.25) is 9.59 Å². The highest BCUT2D eigenvalue weighted by atomic mass is 16.5. The Hall–Kier alpha value is -1.12. The van der Waals surface area contributed by atoms with Crippen LogP contribution in [0.15, 0.2) is 11.1 Å². The van der Waals surface area contributed by atoms with E-state index in [-0.39, 0.29) is 29.2 Å². The van der Waals surface area contributed by atoms with Crippen LogP contribution in [0.1, 0.15) is 60.3 Å². The van der Waals surface area contributed by atoms with Crippen molar-refractivity contribution in [3.63, 3.8) is 0 Å². The number of esters is 1. The molecule has 0 amide bonds. The van der Waals surface area contributed by atoms with E-state index in [4.69, 9.17) is 4.74 Å². The average molecular weight is 278 g/mol. The van der Waals surface area contributed by atoms with Gasteiger partial charge in [0.05, 0.1) is 0 Å². The fraction of sp³-hybridized carbons (Fsp3) is 0.765. The summed E-state index contributed by atoms with van der Waals surface area (Å²) in [5.41, 5.74) is 2.05. The standard InChI is InChI=1S/C17H26O3/c1-11-13(10-20-12(2)18)17(5)8-6-7-16(3,4)15(17)9-14(11)19/h15H,6-10H2,1-5H3/t15-,17+/m0/s1. The predicted octanol–water partition coefficient (Wildman–Crippen LogP) is 3.67. The number of hydrogen-bond acceptors (Lipinski definition) is 3. The van der Waals surface area contributed by atoms with E-state index in [9.17, 15) is 9.59 Å². The van der Waals surface area contributed by atoms with E-state index in [0.29, 0.717) is 12.3 Å². The Labute approximate surface area is 121 Å². The highest BCUT2D eigenvalue weighted by Gasteiger charge is 2.52. The molecule has 1 saturated carbocycles. The predicted molar refractivity (Wildman–Crippen MR) is 78.2 cm³/mol. The van der Waals surface area contributed by atoms with Gasteiger partial charge in [0.1, 0.15) is 6.61 Å². The van der Waals surface area contributed by atoms with Crippen LogP contribution >= 0.6 is 0 Å². The second kappa shape index (κ2) is 5.01. The molecule has 20 heavy (non-hydrogen) atoms. The van der Waals surface area contributed by atoms with E-state index < -0.39 is 0 Å². The molecule has 1 fully saturated rings. The van der Waals surface area contributed by atoms with E-state index in [1.165, 1.54) is 19.8 Å². The summed E-state index contributed by atoms with van der Waals surface area (Å²) < 4.78 is 5.23. The van der Waals surface area contributed by atoms with Gasteiger partial charge in [-0.05, 0) is 47.7 Å². The molecule has 0 radical (unpaired) electrons. The number of allylic oxidation sites excluding steroid dienone is 1. The van der Waals surface area contributed by atoms with E-state index in [0.717, 1.165) is 17.6 Å². The summed E-state index contributed by atoms with van der Waals surface area (Å²) in [5.74, 6) is 0.300. The van der Waals surface area contributed by atoms with Crippen molar-refractivity contribution in [2.45, 2.75) is 60.3 Å². The van der Waals surface area contributed by atoms with Gasteiger partial charge in [0.25, 0.3) is 0 Å². The van der Waals surface area contributed by atoms with Crippen LogP contribution in [0.5, 0.6) is 0 Å².